The first kappa shape index (κ1) is 16.1. The molecule has 3 nitrogen and oxygen atoms in total. The lowest BCUT2D eigenvalue weighted by atomic mass is 9.98. The summed E-state index contributed by atoms with van der Waals surface area (Å²) in [5.41, 5.74) is 0.447. The molecule has 1 aliphatic rings. The topological polar surface area (TPSA) is 35.5 Å². The van der Waals surface area contributed by atoms with E-state index in [-0.39, 0.29) is 0 Å². The van der Waals surface area contributed by atoms with E-state index in [1.165, 1.54) is 0 Å². The third-order valence-corrected chi connectivity index (χ3v) is 4.60. The molecule has 2 N–H and O–H groups in total. The van der Waals surface area contributed by atoms with E-state index in [9.17, 15) is 8.78 Å². The van der Waals surface area contributed by atoms with Crippen LogP contribution in [-0.4, -0.2) is 48.7 Å². The Morgan fingerprint density at radius 2 is 2.05 bits per heavy atom. The maximum absolute atomic E-state index is 14.2. The van der Waals surface area contributed by atoms with Crippen LogP contribution < -0.4 is 5.32 Å². The van der Waals surface area contributed by atoms with Crippen molar-refractivity contribution >= 4 is 27.5 Å². The summed E-state index contributed by atoms with van der Waals surface area (Å²) in [5, 5.41) is 12.7. The zero-order valence-electron chi connectivity index (χ0n) is 10.8. The van der Waals surface area contributed by atoms with E-state index in [4.69, 9.17) is 16.7 Å². The van der Waals surface area contributed by atoms with Crippen molar-refractivity contribution in [2.75, 3.05) is 32.8 Å². The zero-order chi connectivity index (χ0) is 14.8. The molecule has 1 saturated heterocycles. The Balaban J connectivity index is 2.36. The molecule has 1 aliphatic heterocycles. The van der Waals surface area contributed by atoms with Gasteiger partial charge in [-0.2, -0.15) is 0 Å². The Morgan fingerprint density at radius 1 is 1.40 bits per heavy atom. The number of halogens is 4. The summed E-state index contributed by atoms with van der Waals surface area (Å²) in [6.45, 7) is 1.17. The Bertz CT molecular complexity index is 470. The number of benzene rings is 1. The van der Waals surface area contributed by atoms with Crippen LogP contribution in [-0.2, 0) is 0 Å². The molecule has 0 aliphatic carbocycles. The van der Waals surface area contributed by atoms with Crippen molar-refractivity contribution in [3.8, 4) is 0 Å². The molecule has 0 bridgehead atoms. The van der Waals surface area contributed by atoms with Crippen molar-refractivity contribution in [1.82, 2.24) is 10.2 Å². The number of rotatable bonds is 4. The number of piperazine rings is 1. The molecule has 0 spiro atoms. The van der Waals surface area contributed by atoms with Gasteiger partial charge >= 0.3 is 0 Å². The average molecular weight is 370 g/mol. The fourth-order valence-corrected chi connectivity index (χ4v) is 2.95. The van der Waals surface area contributed by atoms with Crippen LogP contribution in [0.4, 0.5) is 8.78 Å². The maximum atomic E-state index is 14.2. The minimum atomic E-state index is -3.20. The number of alkyl halides is 2. The number of hydrogen-bond acceptors (Lipinski definition) is 3. The van der Waals surface area contributed by atoms with Crippen LogP contribution >= 0.6 is 27.5 Å². The van der Waals surface area contributed by atoms with Crippen molar-refractivity contribution in [2.45, 2.75) is 12.0 Å². The van der Waals surface area contributed by atoms with Crippen LogP contribution in [0.2, 0.25) is 5.02 Å². The monoisotopic (exact) mass is 368 g/mol. The second-order valence-electron chi connectivity index (χ2n) is 4.78. The highest BCUT2D eigenvalue weighted by Gasteiger charge is 2.44. The molecule has 1 fully saturated rings. The van der Waals surface area contributed by atoms with Crippen LogP contribution in [0.1, 0.15) is 11.6 Å². The van der Waals surface area contributed by atoms with E-state index in [2.05, 4.69) is 21.2 Å². The number of aliphatic hydroxyl groups is 1. The Morgan fingerprint density at radius 3 is 2.60 bits per heavy atom. The molecule has 0 radical (unpaired) electrons. The molecule has 20 heavy (non-hydrogen) atoms. The van der Waals surface area contributed by atoms with Gasteiger partial charge in [0.15, 0.2) is 0 Å². The lowest BCUT2D eigenvalue weighted by molar-refractivity contribution is -0.118. The van der Waals surface area contributed by atoms with E-state index in [0.717, 1.165) is 0 Å². The fraction of sp³-hybridized carbons (Fsp3) is 0.538. The minimum Gasteiger partial charge on any atom is -0.390 e. The smallest absolute Gasteiger partial charge is 0.289 e. The van der Waals surface area contributed by atoms with Gasteiger partial charge in [0.2, 0.25) is 0 Å². The van der Waals surface area contributed by atoms with Crippen LogP contribution in [0.15, 0.2) is 22.7 Å². The summed E-state index contributed by atoms with van der Waals surface area (Å²) >= 11 is 9.17. The summed E-state index contributed by atoms with van der Waals surface area (Å²) in [6.07, 6.45) is 0. The normalized spacial score (nSPS) is 19.1. The Labute approximate surface area is 130 Å². The van der Waals surface area contributed by atoms with E-state index in [1.807, 2.05) is 0 Å². The van der Waals surface area contributed by atoms with Crippen molar-refractivity contribution < 1.29 is 13.9 Å². The first-order valence-corrected chi connectivity index (χ1v) is 7.51. The van der Waals surface area contributed by atoms with Gasteiger partial charge in [0, 0.05) is 30.7 Å². The van der Waals surface area contributed by atoms with Gasteiger partial charge in [0.05, 0.1) is 5.02 Å². The summed E-state index contributed by atoms with van der Waals surface area (Å²) < 4.78 is 28.9. The van der Waals surface area contributed by atoms with Gasteiger partial charge in [-0.1, -0.05) is 17.7 Å². The molecule has 1 aromatic carbocycles. The maximum Gasteiger partial charge on any atom is 0.289 e. The van der Waals surface area contributed by atoms with Gasteiger partial charge in [-0.15, -0.1) is 0 Å². The standard InChI is InChI=1S/C13H16BrClF2N2O/c14-10-7-9(1-2-11(10)15)12(13(16,17)8-20)19-5-3-18-4-6-19/h1-2,7,12,18,20H,3-6,8H2/t12-/m1/s1. The Hall–Kier alpha value is -0.270. The molecule has 1 aromatic rings. The predicted octanol–water partition coefficient (Wildman–Crippen LogP) is 2.68. The Kier molecular flexibility index (Phi) is 5.36. The summed E-state index contributed by atoms with van der Waals surface area (Å²) in [4.78, 5) is 1.70. The number of aliphatic hydroxyl groups excluding tert-OH is 1. The lowest BCUT2D eigenvalue weighted by Gasteiger charge is -2.38. The first-order valence-electron chi connectivity index (χ1n) is 6.34. The second kappa shape index (κ2) is 6.66. The second-order valence-corrected chi connectivity index (χ2v) is 6.04. The molecule has 0 aromatic heterocycles. The molecular weight excluding hydrogens is 354 g/mol. The van der Waals surface area contributed by atoms with Crippen LogP contribution in [0, 0.1) is 0 Å². The molecule has 0 unspecified atom stereocenters. The number of hydrogen-bond donors (Lipinski definition) is 2. The minimum absolute atomic E-state index is 0.447. The highest BCUT2D eigenvalue weighted by atomic mass is 79.9. The van der Waals surface area contributed by atoms with Crippen LogP contribution in [0.25, 0.3) is 0 Å². The summed E-state index contributed by atoms with van der Waals surface area (Å²) in [7, 11) is 0. The highest BCUT2D eigenvalue weighted by Crippen LogP contribution is 2.38. The predicted molar refractivity (Wildman–Crippen MR) is 78.4 cm³/mol. The molecule has 1 heterocycles. The fourth-order valence-electron chi connectivity index (χ4n) is 2.43. The quantitative estimate of drug-likeness (QED) is 0.856. The van der Waals surface area contributed by atoms with E-state index in [1.54, 1.807) is 23.1 Å². The third-order valence-electron chi connectivity index (χ3n) is 3.39. The van der Waals surface area contributed by atoms with Gasteiger partial charge in [-0.05, 0) is 33.6 Å². The van der Waals surface area contributed by atoms with Crippen LogP contribution in [0.5, 0.6) is 0 Å². The van der Waals surface area contributed by atoms with Crippen molar-refractivity contribution in [1.29, 1.82) is 0 Å². The van der Waals surface area contributed by atoms with Crippen molar-refractivity contribution in [3.05, 3.63) is 33.3 Å². The molecule has 112 valence electrons. The van der Waals surface area contributed by atoms with Gasteiger partial charge < -0.3 is 10.4 Å². The number of nitrogens with zero attached hydrogens (tertiary/aromatic N) is 1. The largest absolute Gasteiger partial charge is 0.390 e. The molecule has 0 amide bonds. The van der Waals surface area contributed by atoms with Gasteiger partial charge in [-0.25, -0.2) is 8.78 Å². The van der Waals surface area contributed by atoms with Crippen molar-refractivity contribution in [2.24, 2.45) is 0 Å². The number of nitrogens with one attached hydrogen (secondary N) is 1. The zero-order valence-corrected chi connectivity index (χ0v) is 13.1. The average Bonchev–Trinajstić information content (AvgIpc) is 2.44. The van der Waals surface area contributed by atoms with E-state index < -0.39 is 18.6 Å². The molecular formula is C13H16BrClF2N2O. The molecule has 1 atom stereocenters. The van der Waals surface area contributed by atoms with Crippen molar-refractivity contribution in [3.63, 3.8) is 0 Å². The summed E-state index contributed by atoms with van der Waals surface area (Å²) in [5.74, 6) is -3.20. The first-order chi connectivity index (χ1) is 9.45. The molecule has 0 saturated carbocycles. The van der Waals surface area contributed by atoms with E-state index >= 15 is 0 Å². The van der Waals surface area contributed by atoms with Gasteiger partial charge in [0.1, 0.15) is 12.6 Å². The third kappa shape index (κ3) is 3.49. The van der Waals surface area contributed by atoms with Gasteiger partial charge in [-0.3, -0.25) is 4.90 Å². The van der Waals surface area contributed by atoms with Crippen LogP contribution in [0.3, 0.4) is 0 Å². The van der Waals surface area contributed by atoms with Gasteiger partial charge in [0.25, 0.3) is 5.92 Å². The lowest BCUT2D eigenvalue weighted by Crippen LogP contribution is -2.51. The highest BCUT2D eigenvalue weighted by molar-refractivity contribution is 9.10. The molecule has 7 heteroatoms. The van der Waals surface area contributed by atoms with E-state index in [0.29, 0.717) is 41.2 Å². The SMILES string of the molecule is OCC(F)(F)[C@@H](c1ccc(Cl)c(Br)c1)N1CCNCC1. The summed E-state index contributed by atoms with van der Waals surface area (Å²) in [6, 6.07) is 3.62. The molecule has 2 rings (SSSR count).